The van der Waals surface area contributed by atoms with Gasteiger partial charge in [0.05, 0.1) is 0 Å². The summed E-state index contributed by atoms with van der Waals surface area (Å²) in [5.41, 5.74) is 0.778. The van der Waals surface area contributed by atoms with Crippen LogP contribution in [0, 0.1) is 5.92 Å². The van der Waals surface area contributed by atoms with Crippen LogP contribution in [0.25, 0.3) is 0 Å². The minimum Gasteiger partial charge on any atom is -0.260 e. The van der Waals surface area contributed by atoms with E-state index in [1.807, 2.05) is 26.0 Å². The lowest BCUT2D eigenvalue weighted by molar-refractivity contribution is 0.252. The highest BCUT2D eigenvalue weighted by Crippen LogP contribution is 2.21. The summed E-state index contributed by atoms with van der Waals surface area (Å²) in [4.78, 5) is 5.01. The molecular weight excluding hydrogens is 221 g/mol. The maximum atomic E-state index is 13.3. The Morgan fingerprint density at radius 1 is 1.50 bits per heavy atom. The van der Waals surface area contributed by atoms with E-state index in [-0.39, 0.29) is 5.92 Å². The normalized spacial score (nSPS) is 13.2. The Morgan fingerprint density at radius 3 is 2.64 bits per heavy atom. The first-order chi connectivity index (χ1) is 6.63. The van der Waals surface area contributed by atoms with Crippen LogP contribution in [0.15, 0.2) is 23.2 Å². The van der Waals surface area contributed by atoms with Gasteiger partial charge in [0.1, 0.15) is 6.17 Å². The van der Waals surface area contributed by atoms with Crippen molar-refractivity contribution in [3.05, 3.63) is 24.0 Å². The first-order valence-corrected chi connectivity index (χ1v) is 6.15. The lowest BCUT2D eigenvalue weighted by Crippen LogP contribution is -2.13. The molecular formula is C10H13ClFNS. The molecule has 0 spiro atoms. The zero-order valence-electron chi connectivity index (χ0n) is 8.21. The van der Waals surface area contributed by atoms with Crippen molar-refractivity contribution in [2.24, 2.45) is 5.92 Å². The monoisotopic (exact) mass is 233 g/mol. The number of rotatable bonds is 4. The van der Waals surface area contributed by atoms with Crippen molar-refractivity contribution >= 4 is 21.7 Å². The molecule has 0 fully saturated rings. The van der Waals surface area contributed by atoms with Crippen molar-refractivity contribution in [2.45, 2.75) is 31.3 Å². The van der Waals surface area contributed by atoms with Crippen LogP contribution in [-0.2, 0) is 6.42 Å². The smallest absolute Gasteiger partial charge is 0.108 e. The molecule has 4 heteroatoms. The van der Waals surface area contributed by atoms with Crippen molar-refractivity contribution < 1.29 is 4.39 Å². The average molecular weight is 234 g/mol. The molecule has 0 saturated carbocycles. The van der Waals surface area contributed by atoms with Crippen LogP contribution in [-0.4, -0.2) is 11.2 Å². The Hall–Kier alpha value is -0.280. The first kappa shape index (κ1) is 11.8. The van der Waals surface area contributed by atoms with E-state index in [9.17, 15) is 4.39 Å². The third-order valence-electron chi connectivity index (χ3n) is 2.01. The molecule has 0 aliphatic heterocycles. The summed E-state index contributed by atoms with van der Waals surface area (Å²) in [6, 6.07) is 3.67. The van der Waals surface area contributed by atoms with E-state index in [1.54, 1.807) is 6.20 Å². The van der Waals surface area contributed by atoms with Gasteiger partial charge in [0.25, 0.3) is 0 Å². The zero-order valence-corrected chi connectivity index (χ0v) is 9.78. The van der Waals surface area contributed by atoms with E-state index < -0.39 is 6.17 Å². The number of alkyl halides is 1. The van der Waals surface area contributed by atoms with E-state index in [2.05, 4.69) is 4.98 Å². The van der Waals surface area contributed by atoms with Crippen molar-refractivity contribution in [1.29, 1.82) is 0 Å². The summed E-state index contributed by atoms with van der Waals surface area (Å²) in [6.45, 7) is 3.74. The van der Waals surface area contributed by atoms with Crippen LogP contribution in [0.3, 0.4) is 0 Å². The highest BCUT2D eigenvalue weighted by molar-refractivity contribution is 8.21. The third-order valence-corrected chi connectivity index (χ3v) is 2.97. The molecule has 0 N–H and O–H groups in total. The maximum Gasteiger partial charge on any atom is 0.108 e. The standard InChI is InChI=1S/C10H13ClFNS/c1-7(2)10(12)5-8-3-4-9(14-11)6-13-8/h3-4,6-7,10H,5H2,1-2H3. The molecule has 1 rings (SSSR count). The predicted molar refractivity (Wildman–Crippen MR) is 59.4 cm³/mol. The molecule has 1 aromatic rings. The third kappa shape index (κ3) is 3.46. The van der Waals surface area contributed by atoms with Crippen molar-refractivity contribution in [1.82, 2.24) is 4.98 Å². The molecule has 0 aromatic carbocycles. The molecule has 0 bridgehead atoms. The summed E-state index contributed by atoms with van der Waals surface area (Å²) >= 11 is 0. The number of nitrogens with zero attached hydrogens (tertiary/aromatic N) is 1. The summed E-state index contributed by atoms with van der Waals surface area (Å²) in [5.74, 6) is 0.0406. The van der Waals surface area contributed by atoms with Crippen LogP contribution >= 0.6 is 21.7 Å². The summed E-state index contributed by atoms with van der Waals surface area (Å²) in [6.07, 6.45) is 1.22. The van der Waals surface area contributed by atoms with E-state index in [0.717, 1.165) is 21.6 Å². The Labute approximate surface area is 92.6 Å². The van der Waals surface area contributed by atoms with Crippen molar-refractivity contribution in [3.63, 3.8) is 0 Å². The lowest BCUT2D eigenvalue weighted by Gasteiger charge is -2.10. The minimum absolute atomic E-state index is 0.0406. The summed E-state index contributed by atoms with van der Waals surface area (Å²) in [7, 11) is 6.66. The molecule has 1 nitrogen and oxygen atoms in total. The quantitative estimate of drug-likeness (QED) is 0.783. The topological polar surface area (TPSA) is 12.9 Å². The molecule has 78 valence electrons. The van der Waals surface area contributed by atoms with Gasteiger partial charge in [-0.1, -0.05) is 13.8 Å². The first-order valence-electron chi connectivity index (χ1n) is 4.51. The molecule has 0 radical (unpaired) electrons. The zero-order chi connectivity index (χ0) is 10.6. The van der Waals surface area contributed by atoms with Gasteiger partial charge in [0, 0.05) is 23.2 Å². The number of hydrogen-bond acceptors (Lipinski definition) is 2. The predicted octanol–water partition coefficient (Wildman–Crippen LogP) is 3.86. The van der Waals surface area contributed by atoms with Gasteiger partial charge in [-0.2, -0.15) is 0 Å². The largest absolute Gasteiger partial charge is 0.260 e. The molecule has 0 aliphatic carbocycles. The Morgan fingerprint density at radius 2 is 2.21 bits per heavy atom. The van der Waals surface area contributed by atoms with Gasteiger partial charge in [-0.3, -0.25) is 4.98 Å². The number of aromatic nitrogens is 1. The second kappa shape index (κ2) is 5.56. The van der Waals surface area contributed by atoms with Crippen LogP contribution in [0.4, 0.5) is 4.39 Å². The molecule has 1 atom stereocenters. The maximum absolute atomic E-state index is 13.3. The van der Waals surface area contributed by atoms with Gasteiger partial charge < -0.3 is 0 Å². The summed E-state index contributed by atoms with van der Waals surface area (Å²) < 4.78 is 13.3. The Kier molecular flexibility index (Phi) is 4.69. The molecule has 1 heterocycles. The van der Waals surface area contributed by atoms with Gasteiger partial charge in [-0.25, -0.2) is 4.39 Å². The van der Waals surface area contributed by atoms with Crippen LogP contribution < -0.4 is 0 Å². The average Bonchev–Trinajstić information content (AvgIpc) is 2.19. The van der Waals surface area contributed by atoms with E-state index in [4.69, 9.17) is 10.7 Å². The van der Waals surface area contributed by atoms with E-state index in [0.29, 0.717) is 6.42 Å². The van der Waals surface area contributed by atoms with Gasteiger partial charge >= 0.3 is 0 Å². The number of halogens is 2. The summed E-state index contributed by atoms with van der Waals surface area (Å²) in [5, 5.41) is 0. The van der Waals surface area contributed by atoms with Gasteiger partial charge in [-0.15, -0.1) is 0 Å². The van der Waals surface area contributed by atoms with Gasteiger partial charge in [0.2, 0.25) is 0 Å². The second-order valence-electron chi connectivity index (χ2n) is 3.53. The SMILES string of the molecule is CC(C)C(F)Cc1ccc(SCl)cn1. The van der Waals surface area contributed by atoms with E-state index >= 15 is 0 Å². The van der Waals surface area contributed by atoms with Gasteiger partial charge in [-0.05, 0) is 39.7 Å². The fourth-order valence-electron chi connectivity index (χ4n) is 1.01. The molecule has 1 aromatic heterocycles. The van der Waals surface area contributed by atoms with Crippen LogP contribution in [0.2, 0.25) is 0 Å². The van der Waals surface area contributed by atoms with Crippen LogP contribution in [0.1, 0.15) is 19.5 Å². The lowest BCUT2D eigenvalue weighted by atomic mass is 10.0. The number of pyridine rings is 1. The van der Waals surface area contributed by atoms with Crippen LogP contribution in [0.5, 0.6) is 0 Å². The fourth-order valence-corrected chi connectivity index (χ4v) is 1.50. The minimum atomic E-state index is -0.822. The molecule has 0 amide bonds. The Bertz CT molecular complexity index is 276. The number of hydrogen-bond donors (Lipinski definition) is 0. The fraction of sp³-hybridized carbons (Fsp3) is 0.500. The van der Waals surface area contributed by atoms with Crippen molar-refractivity contribution in [2.75, 3.05) is 0 Å². The van der Waals surface area contributed by atoms with E-state index in [1.165, 1.54) is 0 Å². The highest BCUT2D eigenvalue weighted by Gasteiger charge is 2.12. The Balaban J connectivity index is 2.59. The molecule has 14 heavy (non-hydrogen) atoms. The molecule has 0 aliphatic rings. The molecule has 1 unspecified atom stereocenters. The highest BCUT2D eigenvalue weighted by atomic mass is 35.7. The second-order valence-corrected chi connectivity index (χ2v) is 4.62. The molecule has 0 saturated heterocycles. The van der Waals surface area contributed by atoms with Crippen molar-refractivity contribution in [3.8, 4) is 0 Å². The van der Waals surface area contributed by atoms with Gasteiger partial charge in [0.15, 0.2) is 0 Å².